The number of hydrogen-bond donors (Lipinski definition) is 2. The lowest BCUT2D eigenvalue weighted by Gasteiger charge is -2.05. The van der Waals surface area contributed by atoms with Gasteiger partial charge in [-0.25, -0.2) is 12.8 Å². The molecule has 0 aliphatic heterocycles. The highest BCUT2D eigenvalue weighted by Gasteiger charge is 2.17. The Morgan fingerprint density at radius 3 is 2.56 bits per heavy atom. The SMILES string of the molecule is CCS(=O)(=O)CCNC(=O)c1sc(NC(=O)c2ccc(F)cc2Cl)cc1C. The first-order valence-electron chi connectivity index (χ1n) is 7.98. The van der Waals surface area contributed by atoms with Crippen LogP contribution in [0.5, 0.6) is 0 Å². The zero-order valence-electron chi connectivity index (χ0n) is 14.6. The predicted molar refractivity (Wildman–Crippen MR) is 105 cm³/mol. The first-order valence-corrected chi connectivity index (χ1v) is 11.0. The average molecular weight is 433 g/mol. The molecule has 0 unspecified atom stereocenters. The van der Waals surface area contributed by atoms with E-state index in [1.165, 1.54) is 6.07 Å². The number of carbonyl (C=O) groups is 2. The van der Waals surface area contributed by atoms with Crippen LogP contribution in [0.4, 0.5) is 9.39 Å². The molecular weight excluding hydrogens is 415 g/mol. The van der Waals surface area contributed by atoms with Gasteiger partial charge in [0, 0.05) is 12.3 Å². The van der Waals surface area contributed by atoms with Gasteiger partial charge < -0.3 is 10.6 Å². The second-order valence-corrected chi connectivity index (χ2v) is 9.63. The number of aryl methyl sites for hydroxylation is 1. The van der Waals surface area contributed by atoms with E-state index >= 15 is 0 Å². The molecule has 0 fully saturated rings. The van der Waals surface area contributed by atoms with Crippen LogP contribution >= 0.6 is 22.9 Å². The molecule has 2 aromatic rings. The number of nitrogens with one attached hydrogen (secondary N) is 2. The first-order chi connectivity index (χ1) is 12.6. The van der Waals surface area contributed by atoms with E-state index in [1.54, 1.807) is 19.9 Å². The molecule has 2 N–H and O–H groups in total. The maximum atomic E-state index is 13.1. The summed E-state index contributed by atoms with van der Waals surface area (Å²) in [6, 6.07) is 5.07. The Morgan fingerprint density at radius 2 is 1.93 bits per heavy atom. The van der Waals surface area contributed by atoms with E-state index in [1.807, 2.05) is 0 Å². The summed E-state index contributed by atoms with van der Waals surface area (Å²) in [6.45, 7) is 3.26. The lowest BCUT2D eigenvalue weighted by Crippen LogP contribution is -2.29. The van der Waals surface area contributed by atoms with Crippen molar-refractivity contribution in [3.8, 4) is 0 Å². The van der Waals surface area contributed by atoms with Crippen molar-refractivity contribution in [1.82, 2.24) is 5.32 Å². The van der Waals surface area contributed by atoms with Gasteiger partial charge in [0.1, 0.15) is 5.82 Å². The molecule has 10 heteroatoms. The molecule has 0 aliphatic rings. The monoisotopic (exact) mass is 432 g/mol. The number of benzene rings is 1. The Bertz CT molecular complexity index is 973. The van der Waals surface area contributed by atoms with E-state index < -0.39 is 27.5 Å². The summed E-state index contributed by atoms with van der Waals surface area (Å²) in [7, 11) is -3.16. The van der Waals surface area contributed by atoms with E-state index in [4.69, 9.17) is 11.6 Å². The highest BCUT2D eigenvalue weighted by Crippen LogP contribution is 2.28. The van der Waals surface area contributed by atoms with E-state index in [2.05, 4.69) is 10.6 Å². The summed E-state index contributed by atoms with van der Waals surface area (Å²) in [4.78, 5) is 24.9. The number of halogens is 2. The number of anilines is 1. The minimum absolute atomic E-state index is 0.0131. The molecule has 0 atom stereocenters. The van der Waals surface area contributed by atoms with E-state index in [9.17, 15) is 22.4 Å². The predicted octanol–water partition coefficient (Wildman–Crippen LogP) is 3.27. The number of rotatable bonds is 7. The van der Waals surface area contributed by atoms with Crippen LogP contribution in [0, 0.1) is 12.7 Å². The van der Waals surface area contributed by atoms with Crippen molar-refractivity contribution in [3.63, 3.8) is 0 Å². The van der Waals surface area contributed by atoms with Crippen molar-refractivity contribution in [2.45, 2.75) is 13.8 Å². The second kappa shape index (κ2) is 8.81. The third kappa shape index (κ3) is 5.75. The van der Waals surface area contributed by atoms with Crippen molar-refractivity contribution in [2.24, 2.45) is 0 Å². The van der Waals surface area contributed by atoms with Crippen LogP contribution in [0.25, 0.3) is 0 Å². The van der Waals surface area contributed by atoms with Crippen molar-refractivity contribution in [1.29, 1.82) is 0 Å². The zero-order valence-corrected chi connectivity index (χ0v) is 17.0. The summed E-state index contributed by atoms with van der Waals surface area (Å²) < 4.78 is 36.0. The van der Waals surface area contributed by atoms with Gasteiger partial charge in [-0.3, -0.25) is 9.59 Å². The minimum atomic E-state index is -3.16. The van der Waals surface area contributed by atoms with Crippen LogP contribution in [0.3, 0.4) is 0 Å². The number of amides is 2. The second-order valence-electron chi connectivity index (χ2n) is 5.69. The first kappa shape index (κ1) is 21.3. The van der Waals surface area contributed by atoms with Gasteiger partial charge in [-0.2, -0.15) is 0 Å². The molecule has 1 heterocycles. The Labute approximate surface area is 165 Å². The Morgan fingerprint density at radius 1 is 1.22 bits per heavy atom. The maximum Gasteiger partial charge on any atom is 0.261 e. The minimum Gasteiger partial charge on any atom is -0.350 e. The molecular formula is C17H18ClFN2O4S2. The molecule has 146 valence electrons. The molecule has 1 aromatic carbocycles. The van der Waals surface area contributed by atoms with Crippen LogP contribution < -0.4 is 10.6 Å². The van der Waals surface area contributed by atoms with E-state index in [-0.39, 0.29) is 28.6 Å². The van der Waals surface area contributed by atoms with Gasteiger partial charge in [-0.1, -0.05) is 18.5 Å². The van der Waals surface area contributed by atoms with Crippen molar-refractivity contribution < 1.29 is 22.4 Å². The Hall–Kier alpha value is -1.97. The van der Waals surface area contributed by atoms with Gasteiger partial charge in [0.25, 0.3) is 11.8 Å². The molecule has 0 spiro atoms. The molecule has 6 nitrogen and oxygen atoms in total. The smallest absolute Gasteiger partial charge is 0.261 e. The number of sulfone groups is 1. The maximum absolute atomic E-state index is 13.1. The van der Waals surface area contributed by atoms with Crippen molar-refractivity contribution in [2.75, 3.05) is 23.4 Å². The lowest BCUT2D eigenvalue weighted by molar-refractivity contribution is 0.0958. The summed E-state index contributed by atoms with van der Waals surface area (Å²) in [5, 5.41) is 5.58. The van der Waals surface area contributed by atoms with Gasteiger partial charge in [0.15, 0.2) is 9.84 Å². The summed E-state index contributed by atoms with van der Waals surface area (Å²) in [6.07, 6.45) is 0. The highest BCUT2D eigenvalue weighted by molar-refractivity contribution is 7.91. The van der Waals surface area contributed by atoms with Gasteiger partial charge in [0.2, 0.25) is 0 Å². The molecule has 0 saturated heterocycles. The molecule has 0 aliphatic carbocycles. The third-order valence-electron chi connectivity index (χ3n) is 3.67. The van der Waals surface area contributed by atoms with Crippen LogP contribution in [0.1, 0.15) is 32.5 Å². The topological polar surface area (TPSA) is 92.3 Å². The van der Waals surface area contributed by atoms with Crippen LogP contribution in [-0.2, 0) is 9.84 Å². The molecule has 27 heavy (non-hydrogen) atoms. The van der Waals surface area contributed by atoms with Crippen molar-refractivity contribution in [3.05, 3.63) is 51.1 Å². The largest absolute Gasteiger partial charge is 0.350 e. The molecule has 0 saturated carbocycles. The van der Waals surface area contributed by atoms with Gasteiger partial charge in [-0.15, -0.1) is 11.3 Å². The quantitative estimate of drug-likeness (QED) is 0.702. The van der Waals surface area contributed by atoms with Crippen LogP contribution in [-0.4, -0.2) is 38.3 Å². The van der Waals surface area contributed by atoms with E-state index in [0.717, 1.165) is 23.5 Å². The lowest BCUT2D eigenvalue weighted by atomic mass is 10.2. The number of thiophene rings is 1. The molecule has 1 aromatic heterocycles. The Balaban J connectivity index is 2.05. The fraction of sp³-hybridized carbons (Fsp3) is 0.294. The third-order valence-corrected chi connectivity index (χ3v) is 6.84. The zero-order chi connectivity index (χ0) is 20.2. The molecule has 0 bridgehead atoms. The summed E-state index contributed by atoms with van der Waals surface area (Å²) >= 11 is 6.93. The van der Waals surface area contributed by atoms with Gasteiger partial charge >= 0.3 is 0 Å². The molecule has 0 radical (unpaired) electrons. The number of hydrogen-bond acceptors (Lipinski definition) is 5. The molecule has 2 rings (SSSR count). The summed E-state index contributed by atoms with van der Waals surface area (Å²) in [5.74, 6) is -1.60. The van der Waals surface area contributed by atoms with E-state index in [0.29, 0.717) is 15.4 Å². The fourth-order valence-electron chi connectivity index (χ4n) is 2.17. The highest BCUT2D eigenvalue weighted by atomic mass is 35.5. The normalized spacial score (nSPS) is 11.3. The average Bonchev–Trinajstić information content (AvgIpc) is 2.94. The fourth-order valence-corrected chi connectivity index (χ4v) is 4.11. The Kier molecular flexibility index (Phi) is 6.96. The van der Waals surface area contributed by atoms with Gasteiger partial charge in [0.05, 0.1) is 26.2 Å². The number of carbonyl (C=O) groups excluding carboxylic acids is 2. The van der Waals surface area contributed by atoms with Crippen LogP contribution in [0.2, 0.25) is 5.02 Å². The standard InChI is InChI=1S/C17H18ClFN2O4S2/c1-3-27(24,25)7-6-20-17(23)15-10(2)8-14(26-15)21-16(22)12-5-4-11(19)9-13(12)18/h4-5,8-9H,3,6-7H2,1-2H3,(H,20,23)(H,21,22). The van der Waals surface area contributed by atoms with Crippen LogP contribution in [0.15, 0.2) is 24.3 Å². The van der Waals surface area contributed by atoms with Gasteiger partial charge in [-0.05, 0) is 36.8 Å². The van der Waals surface area contributed by atoms with Crippen molar-refractivity contribution >= 4 is 49.6 Å². The molecule has 2 amide bonds. The summed E-state index contributed by atoms with van der Waals surface area (Å²) in [5.41, 5.74) is 0.747.